The first kappa shape index (κ1) is 20.2. The normalized spacial score (nSPS) is 13.1. The van der Waals surface area contributed by atoms with Crippen molar-refractivity contribution in [3.05, 3.63) is 89.3 Å². The van der Waals surface area contributed by atoms with Crippen LogP contribution in [-0.4, -0.2) is 26.2 Å². The van der Waals surface area contributed by atoms with Crippen molar-refractivity contribution in [2.45, 2.75) is 0 Å². The second-order valence-corrected chi connectivity index (χ2v) is 6.40. The number of carbonyl (C=O) groups excluding carboxylic acids is 2. The minimum Gasteiger partial charge on any atom is -0.465 e. The summed E-state index contributed by atoms with van der Waals surface area (Å²) >= 11 is 5.96. The smallest absolute Gasteiger partial charge is 0.355 e. The summed E-state index contributed by atoms with van der Waals surface area (Å²) in [6.07, 6.45) is 6.58. The molecular weight excluding hydrogens is 392 g/mol. The van der Waals surface area contributed by atoms with Crippen molar-refractivity contribution in [1.82, 2.24) is 0 Å². The Morgan fingerprint density at radius 2 is 1.62 bits per heavy atom. The number of methoxy groups -OCH3 is 2. The van der Waals surface area contributed by atoms with Crippen LogP contribution >= 0.6 is 11.6 Å². The van der Waals surface area contributed by atoms with Gasteiger partial charge in [0.15, 0.2) is 0 Å². The Labute approximate surface area is 173 Å². The summed E-state index contributed by atoms with van der Waals surface area (Å²) in [5.41, 5.74) is 2.31. The van der Waals surface area contributed by atoms with E-state index in [0.717, 1.165) is 5.69 Å². The number of nitrogens with zero attached hydrogens (tertiary/aromatic N) is 1. The van der Waals surface area contributed by atoms with E-state index in [2.05, 4.69) is 5.32 Å². The lowest BCUT2D eigenvalue weighted by Crippen LogP contribution is -2.27. The number of anilines is 3. The lowest BCUT2D eigenvalue weighted by molar-refractivity contribution is -0.139. The Kier molecular flexibility index (Phi) is 6.36. The number of allylic oxidation sites excluding steroid dienone is 2. The second-order valence-electron chi connectivity index (χ2n) is 5.97. The van der Waals surface area contributed by atoms with E-state index in [0.29, 0.717) is 16.4 Å². The number of esters is 2. The van der Waals surface area contributed by atoms with Crippen molar-refractivity contribution in [3.8, 4) is 0 Å². The maximum absolute atomic E-state index is 12.6. The third kappa shape index (κ3) is 4.50. The predicted molar refractivity (Wildman–Crippen MR) is 113 cm³/mol. The zero-order chi connectivity index (χ0) is 20.8. The quantitative estimate of drug-likeness (QED) is 0.728. The molecule has 29 heavy (non-hydrogen) atoms. The molecule has 7 heteroatoms. The number of para-hydroxylation sites is 2. The third-order valence-corrected chi connectivity index (χ3v) is 4.43. The molecule has 6 nitrogen and oxygen atoms in total. The molecule has 148 valence electrons. The highest BCUT2D eigenvalue weighted by atomic mass is 35.5. The van der Waals surface area contributed by atoms with Crippen molar-refractivity contribution >= 4 is 40.6 Å². The average molecular weight is 411 g/mol. The van der Waals surface area contributed by atoms with Gasteiger partial charge in [-0.3, -0.25) is 0 Å². The minimum absolute atomic E-state index is 0.0507. The van der Waals surface area contributed by atoms with E-state index >= 15 is 0 Å². The summed E-state index contributed by atoms with van der Waals surface area (Å²) in [6, 6.07) is 14.6. The van der Waals surface area contributed by atoms with Crippen LogP contribution in [0.4, 0.5) is 17.1 Å². The van der Waals surface area contributed by atoms with Crippen LogP contribution in [0.25, 0.3) is 0 Å². The molecule has 2 aromatic rings. The van der Waals surface area contributed by atoms with Gasteiger partial charge in [0.2, 0.25) is 0 Å². The summed E-state index contributed by atoms with van der Waals surface area (Å²) < 4.78 is 9.80. The SMILES string of the molecule is COC(=O)C1=C(C(=O)OC)N(c2ccccc2Nc2ccc(Cl)cc2)C=CC=C1. The maximum Gasteiger partial charge on any atom is 0.355 e. The highest BCUT2D eigenvalue weighted by Gasteiger charge is 2.28. The molecule has 0 spiro atoms. The second kappa shape index (κ2) is 9.12. The molecule has 0 aliphatic carbocycles. The molecule has 0 radical (unpaired) electrons. The van der Waals surface area contributed by atoms with Gasteiger partial charge >= 0.3 is 11.9 Å². The first-order chi connectivity index (χ1) is 14.0. The van der Waals surface area contributed by atoms with Gasteiger partial charge in [-0.15, -0.1) is 0 Å². The van der Waals surface area contributed by atoms with Crippen LogP contribution < -0.4 is 10.2 Å². The summed E-state index contributed by atoms with van der Waals surface area (Å²) in [4.78, 5) is 26.5. The summed E-state index contributed by atoms with van der Waals surface area (Å²) in [7, 11) is 2.52. The number of benzene rings is 2. The number of halogens is 1. The van der Waals surface area contributed by atoms with Gasteiger partial charge in [0.1, 0.15) is 5.70 Å². The molecule has 0 aromatic heterocycles. The Hall–Kier alpha value is -3.51. The summed E-state index contributed by atoms with van der Waals surface area (Å²) in [5.74, 6) is -1.30. The molecule has 1 heterocycles. The molecule has 0 atom stereocenters. The van der Waals surface area contributed by atoms with Crippen molar-refractivity contribution in [3.63, 3.8) is 0 Å². The van der Waals surface area contributed by atoms with Crippen LogP contribution in [0.15, 0.2) is 84.2 Å². The van der Waals surface area contributed by atoms with Crippen molar-refractivity contribution < 1.29 is 19.1 Å². The molecule has 0 amide bonds. The zero-order valence-electron chi connectivity index (χ0n) is 15.9. The van der Waals surface area contributed by atoms with E-state index in [1.54, 1.807) is 35.4 Å². The highest BCUT2D eigenvalue weighted by molar-refractivity contribution is 6.30. The van der Waals surface area contributed by atoms with Gasteiger partial charge in [-0.2, -0.15) is 0 Å². The maximum atomic E-state index is 12.6. The Bertz CT molecular complexity index is 1010. The van der Waals surface area contributed by atoms with Crippen molar-refractivity contribution in [2.75, 3.05) is 24.4 Å². The van der Waals surface area contributed by atoms with E-state index in [-0.39, 0.29) is 11.3 Å². The van der Waals surface area contributed by atoms with Gasteiger partial charge in [0, 0.05) is 16.9 Å². The minimum atomic E-state index is -0.664. The Balaban J connectivity index is 2.11. The lowest BCUT2D eigenvalue weighted by Gasteiger charge is -2.25. The lowest BCUT2D eigenvalue weighted by atomic mass is 10.1. The number of ether oxygens (including phenoxy) is 2. The number of hydrogen-bond donors (Lipinski definition) is 1. The molecule has 0 unspecified atom stereocenters. The van der Waals surface area contributed by atoms with Crippen LogP contribution in [0.3, 0.4) is 0 Å². The van der Waals surface area contributed by atoms with Gasteiger partial charge in [0.25, 0.3) is 0 Å². The van der Waals surface area contributed by atoms with E-state index < -0.39 is 11.9 Å². The molecular formula is C22H19ClN2O4. The van der Waals surface area contributed by atoms with Crippen LogP contribution in [-0.2, 0) is 19.1 Å². The number of rotatable bonds is 5. The highest BCUT2D eigenvalue weighted by Crippen LogP contribution is 2.34. The molecule has 0 saturated carbocycles. The van der Waals surface area contributed by atoms with Gasteiger partial charge in [-0.05, 0) is 48.6 Å². The summed E-state index contributed by atoms with van der Waals surface area (Å²) in [5, 5.41) is 3.94. The Morgan fingerprint density at radius 1 is 0.931 bits per heavy atom. The molecule has 0 fully saturated rings. The van der Waals surface area contributed by atoms with Gasteiger partial charge in [0.05, 0.1) is 31.2 Å². The molecule has 1 aliphatic rings. The van der Waals surface area contributed by atoms with Crippen molar-refractivity contribution in [2.24, 2.45) is 0 Å². The van der Waals surface area contributed by atoms with Gasteiger partial charge in [-0.1, -0.05) is 29.8 Å². The van der Waals surface area contributed by atoms with E-state index in [4.69, 9.17) is 21.1 Å². The van der Waals surface area contributed by atoms with Crippen LogP contribution in [0, 0.1) is 0 Å². The Morgan fingerprint density at radius 3 is 2.31 bits per heavy atom. The standard InChI is InChI=1S/C22H19ClN2O4/c1-28-21(26)17-7-5-6-14-25(20(17)22(27)29-2)19-9-4-3-8-18(19)24-16-12-10-15(23)11-13-16/h3-14,24H,1-2H3. The molecule has 1 aliphatic heterocycles. The molecule has 3 rings (SSSR count). The van der Waals surface area contributed by atoms with Crippen molar-refractivity contribution in [1.29, 1.82) is 0 Å². The van der Waals surface area contributed by atoms with Gasteiger partial charge in [-0.25, -0.2) is 9.59 Å². The average Bonchev–Trinajstić information content (AvgIpc) is 2.97. The van der Waals surface area contributed by atoms with Crippen LogP contribution in [0.5, 0.6) is 0 Å². The fraction of sp³-hybridized carbons (Fsp3) is 0.0909. The molecule has 1 N–H and O–H groups in total. The largest absolute Gasteiger partial charge is 0.465 e. The fourth-order valence-electron chi connectivity index (χ4n) is 2.83. The monoisotopic (exact) mass is 410 g/mol. The van der Waals surface area contributed by atoms with Crippen LogP contribution in [0.2, 0.25) is 5.02 Å². The predicted octanol–water partition coefficient (Wildman–Crippen LogP) is 4.57. The first-order valence-corrected chi connectivity index (χ1v) is 9.09. The topological polar surface area (TPSA) is 67.9 Å². The van der Waals surface area contributed by atoms with E-state index in [9.17, 15) is 9.59 Å². The number of nitrogens with one attached hydrogen (secondary N) is 1. The molecule has 0 saturated heterocycles. The summed E-state index contributed by atoms with van der Waals surface area (Å²) in [6.45, 7) is 0. The molecule has 0 bridgehead atoms. The number of carbonyl (C=O) groups is 2. The van der Waals surface area contributed by atoms with E-state index in [1.807, 2.05) is 36.4 Å². The number of hydrogen-bond acceptors (Lipinski definition) is 6. The first-order valence-electron chi connectivity index (χ1n) is 8.71. The zero-order valence-corrected chi connectivity index (χ0v) is 16.6. The third-order valence-electron chi connectivity index (χ3n) is 4.18. The molecule has 2 aromatic carbocycles. The van der Waals surface area contributed by atoms with E-state index in [1.165, 1.54) is 20.3 Å². The van der Waals surface area contributed by atoms with Gasteiger partial charge < -0.3 is 19.7 Å². The fourth-order valence-corrected chi connectivity index (χ4v) is 2.96. The van der Waals surface area contributed by atoms with Crippen LogP contribution in [0.1, 0.15) is 0 Å².